The largest absolute Gasteiger partial charge is 0.504 e. The number of amides is 1. The molecule has 0 fully saturated rings. The van der Waals surface area contributed by atoms with Gasteiger partial charge < -0.3 is 14.6 Å². The van der Waals surface area contributed by atoms with Crippen molar-refractivity contribution in [2.24, 2.45) is 5.10 Å². The second-order valence-electron chi connectivity index (χ2n) is 3.80. The van der Waals surface area contributed by atoms with Crippen molar-refractivity contribution >= 4 is 12.1 Å². The third-order valence-electron chi connectivity index (χ3n) is 2.52. The minimum absolute atomic E-state index is 0.249. The van der Waals surface area contributed by atoms with Gasteiger partial charge in [-0.1, -0.05) is 6.07 Å². The number of nitrogens with one attached hydrogen (secondary N) is 1. The Morgan fingerprint density at radius 1 is 1.37 bits per heavy atom. The number of aryl methyl sites for hydroxylation is 1. The van der Waals surface area contributed by atoms with Crippen LogP contribution in [0.2, 0.25) is 0 Å². The second kappa shape index (κ2) is 5.26. The maximum atomic E-state index is 11.7. The second-order valence-corrected chi connectivity index (χ2v) is 3.80. The molecule has 6 nitrogen and oxygen atoms in total. The summed E-state index contributed by atoms with van der Waals surface area (Å²) in [5.74, 6) is -0.462. The van der Waals surface area contributed by atoms with Gasteiger partial charge in [-0.3, -0.25) is 4.79 Å². The van der Waals surface area contributed by atoms with Crippen molar-refractivity contribution in [2.75, 3.05) is 0 Å². The Bertz CT molecular complexity index is 631. The Kier molecular flexibility index (Phi) is 3.51. The maximum absolute atomic E-state index is 11.7. The molecule has 0 bridgehead atoms. The summed E-state index contributed by atoms with van der Waals surface area (Å²) in [5.41, 5.74) is 2.98. The van der Waals surface area contributed by atoms with Gasteiger partial charge in [-0.15, -0.1) is 0 Å². The van der Waals surface area contributed by atoms with Gasteiger partial charge in [0.2, 0.25) is 0 Å². The molecule has 0 unspecified atom stereocenters. The fourth-order valence-electron chi connectivity index (χ4n) is 1.49. The first-order valence-electron chi connectivity index (χ1n) is 5.48. The highest BCUT2D eigenvalue weighted by Gasteiger charge is 2.10. The number of rotatable bonds is 3. The molecule has 0 saturated heterocycles. The summed E-state index contributed by atoms with van der Waals surface area (Å²) in [6.45, 7) is 1.67. The van der Waals surface area contributed by atoms with Gasteiger partial charge in [0.15, 0.2) is 11.5 Å². The summed E-state index contributed by atoms with van der Waals surface area (Å²) in [7, 11) is 0. The molecule has 0 spiro atoms. The van der Waals surface area contributed by atoms with Crippen molar-refractivity contribution in [3.63, 3.8) is 0 Å². The first-order valence-corrected chi connectivity index (χ1v) is 5.48. The molecule has 0 aliphatic rings. The van der Waals surface area contributed by atoms with Crippen LogP contribution in [0.1, 0.15) is 21.7 Å². The Labute approximate surface area is 109 Å². The van der Waals surface area contributed by atoms with Crippen LogP contribution in [0.25, 0.3) is 0 Å². The van der Waals surface area contributed by atoms with E-state index in [9.17, 15) is 15.0 Å². The number of hydrazone groups is 1. The third kappa shape index (κ3) is 2.74. The summed E-state index contributed by atoms with van der Waals surface area (Å²) in [4.78, 5) is 11.7. The number of benzene rings is 1. The van der Waals surface area contributed by atoms with E-state index in [-0.39, 0.29) is 11.5 Å². The highest BCUT2D eigenvalue weighted by molar-refractivity contribution is 5.95. The van der Waals surface area contributed by atoms with Crippen molar-refractivity contribution in [2.45, 2.75) is 6.92 Å². The van der Waals surface area contributed by atoms with E-state index in [0.717, 1.165) is 0 Å². The van der Waals surface area contributed by atoms with E-state index in [1.54, 1.807) is 19.1 Å². The van der Waals surface area contributed by atoms with Crippen LogP contribution in [0.15, 0.2) is 40.0 Å². The number of phenolic OH excluding ortho intramolecular Hbond substituents is 2. The van der Waals surface area contributed by atoms with Crippen molar-refractivity contribution in [3.8, 4) is 11.5 Å². The highest BCUT2D eigenvalue weighted by atomic mass is 16.3. The predicted molar refractivity (Wildman–Crippen MR) is 68.3 cm³/mol. The molecule has 0 radical (unpaired) electrons. The van der Waals surface area contributed by atoms with Crippen LogP contribution in [0, 0.1) is 6.92 Å². The first kappa shape index (κ1) is 12.7. The number of hydrogen-bond acceptors (Lipinski definition) is 5. The number of phenols is 2. The molecule has 19 heavy (non-hydrogen) atoms. The van der Waals surface area contributed by atoms with Gasteiger partial charge in [0.25, 0.3) is 5.91 Å². The van der Waals surface area contributed by atoms with Gasteiger partial charge in [0.1, 0.15) is 5.76 Å². The average Bonchev–Trinajstić information content (AvgIpc) is 2.81. The van der Waals surface area contributed by atoms with Crippen LogP contribution in [0.3, 0.4) is 0 Å². The zero-order chi connectivity index (χ0) is 13.8. The molecule has 0 aliphatic carbocycles. The lowest BCUT2D eigenvalue weighted by Crippen LogP contribution is -2.17. The molecule has 0 atom stereocenters. The summed E-state index contributed by atoms with van der Waals surface area (Å²) in [5, 5.41) is 22.5. The average molecular weight is 260 g/mol. The van der Waals surface area contributed by atoms with E-state index in [2.05, 4.69) is 10.5 Å². The lowest BCUT2D eigenvalue weighted by molar-refractivity contribution is 0.0953. The van der Waals surface area contributed by atoms with E-state index in [1.165, 1.54) is 24.6 Å². The normalized spacial score (nSPS) is 10.8. The summed E-state index contributed by atoms with van der Waals surface area (Å²) >= 11 is 0. The molecule has 1 heterocycles. The first-order chi connectivity index (χ1) is 9.09. The summed E-state index contributed by atoms with van der Waals surface area (Å²) in [6, 6.07) is 5.98. The van der Waals surface area contributed by atoms with E-state index in [0.29, 0.717) is 16.9 Å². The molecule has 98 valence electrons. The number of aromatic hydroxyl groups is 2. The minimum atomic E-state index is -0.415. The topological polar surface area (TPSA) is 95.1 Å². The van der Waals surface area contributed by atoms with Crippen molar-refractivity contribution < 1.29 is 19.4 Å². The van der Waals surface area contributed by atoms with Crippen LogP contribution in [0.5, 0.6) is 11.5 Å². The molecule has 2 rings (SSSR count). The predicted octanol–water partition coefficient (Wildman–Crippen LogP) is 1.76. The summed E-state index contributed by atoms with van der Waals surface area (Å²) in [6.07, 6.45) is 2.65. The van der Waals surface area contributed by atoms with Crippen LogP contribution < -0.4 is 5.43 Å². The molecule has 1 aromatic heterocycles. The molecule has 1 aromatic carbocycles. The molecular formula is C13H12N2O4. The quantitative estimate of drug-likeness (QED) is 0.445. The number of carbonyl (C=O) groups excluding carboxylic acids is 1. The Balaban J connectivity index is 2.07. The van der Waals surface area contributed by atoms with Crippen molar-refractivity contribution in [1.29, 1.82) is 0 Å². The van der Waals surface area contributed by atoms with Crippen molar-refractivity contribution in [1.82, 2.24) is 5.43 Å². The van der Waals surface area contributed by atoms with Gasteiger partial charge in [-0.25, -0.2) is 5.43 Å². The lowest BCUT2D eigenvalue weighted by Gasteiger charge is -2.01. The highest BCUT2D eigenvalue weighted by Crippen LogP contribution is 2.26. The number of carbonyl (C=O) groups is 1. The SMILES string of the molecule is Cc1occc1C(=O)N/N=C/c1cccc(O)c1O. The Hall–Kier alpha value is -2.76. The van der Waals surface area contributed by atoms with E-state index < -0.39 is 5.91 Å². The van der Waals surface area contributed by atoms with Crippen LogP contribution >= 0.6 is 0 Å². The van der Waals surface area contributed by atoms with Gasteiger partial charge in [0, 0.05) is 5.56 Å². The van der Waals surface area contributed by atoms with Gasteiger partial charge in [-0.05, 0) is 25.1 Å². The van der Waals surface area contributed by atoms with Crippen molar-refractivity contribution in [3.05, 3.63) is 47.4 Å². The number of furan rings is 1. The molecule has 0 aliphatic heterocycles. The Morgan fingerprint density at radius 2 is 2.16 bits per heavy atom. The minimum Gasteiger partial charge on any atom is -0.504 e. The summed E-state index contributed by atoms with van der Waals surface area (Å²) < 4.78 is 5.00. The molecule has 0 saturated carbocycles. The zero-order valence-electron chi connectivity index (χ0n) is 10.1. The standard InChI is InChI=1S/C13H12N2O4/c1-8-10(5-6-19-8)13(18)15-14-7-9-3-2-4-11(16)12(9)17/h2-7,16-17H,1H3,(H,15,18)/b14-7+. The van der Waals surface area contributed by atoms with Gasteiger partial charge >= 0.3 is 0 Å². The van der Waals surface area contributed by atoms with E-state index in [1.807, 2.05) is 0 Å². The van der Waals surface area contributed by atoms with Gasteiger partial charge in [-0.2, -0.15) is 5.10 Å². The number of para-hydroxylation sites is 1. The molecule has 1 amide bonds. The molecule has 3 N–H and O–H groups in total. The molecule has 2 aromatic rings. The molecule has 6 heteroatoms. The maximum Gasteiger partial charge on any atom is 0.274 e. The smallest absolute Gasteiger partial charge is 0.274 e. The lowest BCUT2D eigenvalue weighted by atomic mass is 10.2. The number of hydrogen-bond donors (Lipinski definition) is 3. The fourth-order valence-corrected chi connectivity index (χ4v) is 1.49. The Morgan fingerprint density at radius 3 is 2.84 bits per heavy atom. The third-order valence-corrected chi connectivity index (χ3v) is 2.52. The fraction of sp³-hybridized carbons (Fsp3) is 0.0769. The zero-order valence-corrected chi connectivity index (χ0v) is 10.1. The van der Waals surface area contributed by atoms with E-state index >= 15 is 0 Å². The van der Waals surface area contributed by atoms with Gasteiger partial charge in [0.05, 0.1) is 18.0 Å². The number of nitrogens with zero attached hydrogens (tertiary/aromatic N) is 1. The van der Waals surface area contributed by atoms with E-state index in [4.69, 9.17) is 4.42 Å². The monoisotopic (exact) mass is 260 g/mol. The van der Waals surface area contributed by atoms with Crippen LogP contribution in [-0.2, 0) is 0 Å². The van der Waals surface area contributed by atoms with Crippen LogP contribution in [-0.4, -0.2) is 22.3 Å². The molecular weight excluding hydrogens is 248 g/mol. The van der Waals surface area contributed by atoms with Crippen LogP contribution in [0.4, 0.5) is 0 Å².